The van der Waals surface area contributed by atoms with Crippen LogP contribution in [-0.2, 0) is 13.1 Å². The van der Waals surface area contributed by atoms with Gasteiger partial charge in [-0.25, -0.2) is 4.68 Å². The Hall–Kier alpha value is -3.99. The molecule has 154 valence electrons. The van der Waals surface area contributed by atoms with Crippen molar-refractivity contribution in [2.45, 2.75) is 13.1 Å². The van der Waals surface area contributed by atoms with E-state index < -0.39 is 0 Å². The fourth-order valence-corrected chi connectivity index (χ4v) is 3.11. The smallest absolute Gasteiger partial charge is 0.275 e. The molecule has 0 spiro atoms. The predicted octanol–water partition coefficient (Wildman–Crippen LogP) is 1.99. The number of rotatable bonds is 7. The molecule has 0 aliphatic heterocycles. The lowest BCUT2D eigenvalue weighted by molar-refractivity contribution is 0.0949. The number of hydrogen-bond acceptors (Lipinski definition) is 6. The van der Waals surface area contributed by atoms with Crippen molar-refractivity contribution in [3.63, 3.8) is 0 Å². The van der Waals surface area contributed by atoms with Gasteiger partial charge in [-0.1, -0.05) is 24.1 Å². The molecule has 0 atom stereocenters. The summed E-state index contributed by atoms with van der Waals surface area (Å²) >= 11 is 0. The summed E-state index contributed by atoms with van der Waals surface area (Å²) in [5, 5.41) is 8.28. The number of nitrogens with one attached hydrogen (secondary N) is 1. The third-order valence-electron chi connectivity index (χ3n) is 4.53. The second-order valence-corrected chi connectivity index (χ2v) is 6.26. The summed E-state index contributed by atoms with van der Waals surface area (Å²) in [6.45, 7) is 0.137. The normalized spacial score (nSPS) is 10.3. The first kappa shape index (κ1) is 20.7. The van der Waals surface area contributed by atoms with E-state index in [1.807, 2.05) is 0 Å². The molecule has 8 heteroatoms. The molecule has 0 radical (unpaired) electrons. The number of nitrogens with zero attached hydrogens (tertiary/aromatic N) is 2. The third-order valence-corrected chi connectivity index (χ3v) is 4.53. The Bertz CT molecular complexity index is 1170. The number of fused-ring (bicyclic) bond motifs is 1. The molecule has 1 aromatic heterocycles. The maximum Gasteiger partial charge on any atom is 0.275 e. The van der Waals surface area contributed by atoms with Crippen LogP contribution in [0.15, 0.2) is 41.2 Å². The molecule has 0 saturated heterocycles. The van der Waals surface area contributed by atoms with Crippen LogP contribution in [0.1, 0.15) is 16.1 Å². The predicted molar refractivity (Wildman–Crippen MR) is 112 cm³/mol. The molecular formula is C22H21N3O5. The van der Waals surface area contributed by atoms with Gasteiger partial charge in [0.25, 0.3) is 11.5 Å². The number of aromatic nitrogens is 2. The van der Waals surface area contributed by atoms with Crippen LogP contribution in [0.2, 0.25) is 0 Å². The fourth-order valence-electron chi connectivity index (χ4n) is 3.11. The highest BCUT2D eigenvalue weighted by molar-refractivity contribution is 5.96. The van der Waals surface area contributed by atoms with Gasteiger partial charge in [-0.2, -0.15) is 5.10 Å². The lowest BCUT2D eigenvalue weighted by Crippen LogP contribution is -2.28. The minimum absolute atomic E-state index is 0.0392. The molecule has 3 rings (SSSR count). The van der Waals surface area contributed by atoms with Crippen molar-refractivity contribution < 1.29 is 19.0 Å². The number of hydrogen-bond donors (Lipinski definition) is 1. The van der Waals surface area contributed by atoms with E-state index in [0.29, 0.717) is 39.3 Å². The molecule has 2 aromatic carbocycles. The number of carbonyl (C=O) groups excluding carboxylic acids is 1. The van der Waals surface area contributed by atoms with Crippen molar-refractivity contribution >= 4 is 16.7 Å². The average molecular weight is 407 g/mol. The van der Waals surface area contributed by atoms with E-state index in [1.54, 1.807) is 36.4 Å². The molecule has 1 N–H and O–H groups in total. The van der Waals surface area contributed by atoms with Gasteiger partial charge in [0.1, 0.15) is 6.54 Å². The number of benzene rings is 2. The van der Waals surface area contributed by atoms with E-state index in [0.717, 1.165) is 0 Å². The molecule has 1 amide bonds. The lowest BCUT2D eigenvalue weighted by atomic mass is 10.1. The van der Waals surface area contributed by atoms with E-state index in [9.17, 15) is 9.59 Å². The maximum atomic E-state index is 12.8. The summed E-state index contributed by atoms with van der Waals surface area (Å²) in [5.74, 6) is 3.18. The summed E-state index contributed by atoms with van der Waals surface area (Å²) in [6, 6.07) is 10.2. The second kappa shape index (κ2) is 9.01. The van der Waals surface area contributed by atoms with Gasteiger partial charge in [0, 0.05) is 10.9 Å². The standard InChI is InChI=1S/C22H21N3O5/c1-5-10-25-22(27)16-9-7-6-8-15(16)17(24-25)13-23-21(26)14-11-18(28-2)20(30-4)19(12-14)29-3/h1,6-9,11-12H,10,13H2,2-4H3,(H,23,26). The van der Waals surface area contributed by atoms with Gasteiger partial charge in [-0.15, -0.1) is 6.42 Å². The molecule has 0 aliphatic carbocycles. The summed E-state index contributed by atoms with van der Waals surface area (Å²) in [7, 11) is 4.44. The Morgan fingerprint density at radius 3 is 2.30 bits per heavy atom. The van der Waals surface area contributed by atoms with E-state index in [2.05, 4.69) is 16.3 Å². The van der Waals surface area contributed by atoms with Crippen LogP contribution in [0.4, 0.5) is 0 Å². The monoisotopic (exact) mass is 407 g/mol. The molecule has 1 heterocycles. The van der Waals surface area contributed by atoms with Crippen molar-refractivity contribution in [3.8, 4) is 29.6 Å². The van der Waals surface area contributed by atoms with Gasteiger partial charge >= 0.3 is 0 Å². The largest absolute Gasteiger partial charge is 0.493 e. The highest BCUT2D eigenvalue weighted by Gasteiger charge is 2.18. The number of amides is 1. The molecule has 0 fully saturated rings. The molecule has 0 saturated carbocycles. The number of methoxy groups -OCH3 is 3. The van der Waals surface area contributed by atoms with Crippen LogP contribution in [-0.4, -0.2) is 37.0 Å². The van der Waals surface area contributed by atoms with Crippen molar-refractivity contribution in [2.75, 3.05) is 21.3 Å². The SMILES string of the molecule is C#CCn1nc(CNC(=O)c2cc(OC)c(OC)c(OC)c2)c2ccccc2c1=O. The van der Waals surface area contributed by atoms with Gasteiger partial charge in [-0.05, 0) is 18.2 Å². The summed E-state index contributed by atoms with van der Waals surface area (Å²) in [6.07, 6.45) is 5.35. The Morgan fingerprint density at radius 1 is 1.10 bits per heavy atom. The summed E-state index contributed by atoms with van der Waals surface area (Å²) in [4.78, 5) is 25.3. The zero-order chi connectivity index (χ0) is 21.7. The molecule has 3 aromatic rings. The van der Waals surface area contributed by atoms with Crippen molar-refractivity contribution in [2.24, 2.45) is 0 Å². The van der Waals surface area contributed by atoms with E-state index in [-0.39, 0.29) is 24.6 Å². The fraction of sp³-hybridized carbons (Fsp3) is 0.227. The van der Waals surface area contributed by atoms with Crippen LogP contribution in [0.5, 0.6) is 17.2 Å². The van der Waals surface area contributed by atoms with Crippen LogP contribution >= 0.6 is 0 Å². The summed E-state index contributed by atoms with van der Waals surface area (Å²) < 4.78 is 17.1. The van der Waals surface area contributed by atoms with E-state index in [4.69, 9.17) is 20.6 Å². The maximum absolute atomic E-state index is 12.8. The minimum Gasteiger partial charge on any atom is -0.493 e. The highest BCUT2D eigenvalue weighted by atomic mass is 16.5. The number of carbonyl (C=O) groups is 1. The van der Waals surface area contributed by atoms with Crippen LogP contribution in [0, 0.1) is 12.3 Å². The quantitative estimate of drug-likeness (QED) is 0.603. The first-order valence-corrected chi connectivity index (χ1v) is 9.04. The van der Waals surface area contributed by atoms with Gasteiger partial charge in [-0.3, -0.25) is 9.59 Å². The topological polar surface area (TPSA) is 91.7 Å². The van der Waals surface area contributed by atoms with Crippen molar-refractivity contribution in [3.05, 3.63) is 58.0 Å². The highest BCUT2D eigenvalue weighted by Crippen LogP contribution is 2.38. The lowest BCUT2D eigenvalue weighted by Gasteiger charge is -2.14. The first-order chi connectivity index (χ1) is 14.5. The van der Waals surface area contributed by atoms with Crippen LogP contribution in [0.25, 0.3) is 10.8 Å². The molecule has 0 bridgehead atoms. The average Bonchev–Trinajstić information content (AvgIpc) is 2.78. The zero-order valence-electron chi connectivity index (χ0n) is 16.9. The van der Waals surface area contributed by atoms with Crippen LogP contribution in [0.3, 0.4) is 0 Å². The second-order valence-electron chi connectivity index (χ2n) is 6.26. The summed E-state index contributed by atoms with van der Waals surface area (Å²) in [5.41, 5.74) is 0.579. The minimum atomic E-state index is -0.366. The number of terminal acetylenes is 1. The molecule has 30 heavy (non-hydrogen) atoms. The Labute approximate surface area is 173 Å². The Kier molecular flexibility index (Phi) is 6.23. The van der Waals surface area contributed by atoms with Crippen molar-refractivity contribution in [1.29, 1.82) is 0 Å². The third kappa shape index (κ3) is 3.91. The van der Waals surface area contributed by atoms with Crippen LogP contribution < -0.4 is 25.1 Å². The molecule has 0 aliphatic rings. The van der Waals surface area contributed by atoms with Gasteiger partial charge in [0.15, 0.2) is 11.5 Å². The Morgan fingerprint density at radius 2 is 1.73 bits per heavy atom. The van der Waals surface area contributed by atoms with E-state index >= 15 is 0 Å². The number of ether oxygens (including phenoxy) is 3. The Balaban J connectivity index is 1.93. The van der Waals surface area contributed by atoms with Crippen molar-refractivity contribution in [1.82, 2.24) is 15.1 Å². The first-order valence-electron chi connectivity index (χ1n) is 9.04. The zero-order valence-corrected chi connectivity index (χ0v) is 16.9. The molecule has 8 nitrogen and oxygen atoms in total. The van der Waals surface area contributed by atoms with Gasteiger partial charge < -0.3 is 19.5 Å². The van der Waals surface area contributed by atoms with Gasteiger partial charge in [0.2, 0.25) is 5.75 Å². The molecule has 0 unspecified atom stereocenters. The van der Waals surface area contributed by atoms with Gasteiger partial charge in [0.05, 0.1) is 39.0 Å². The van der Waals surface area contributed by atoms with E-state index in [1.165, 1.54) is 26.0 Å². The molecular weight excluding hydrogens is 386 g/mol.